The summed E-state index contributed by atoms with van der Waals surface area (Å²) in [5.41, 5.74) is 0. The van der Waals surface area contributed by atoms with Crippen LogP contribution in [0.1, 0.15) is 90.9 Å². The molecule has 122 valence electrons. The van der Waals surface area contributed by atoms with E-state index in [1.165, 1.54) is 51.4 Å². The molecule has 2 nitrogen and oxygen atoms in total. The second-order valence-electron chi connectivity index (χ2n) is 7.53. The van der Waals surface area contributed by atoms with Gasteiger partial charge in [-0.05, 0) is 43.9 Å². The third-order valence-corrected chi connectivity index (χ3v) is 5.64. The molecular weight excluding hydrogens is 260 g/mol. The fourth-order valence-electron chi connectivity index (χ4n) is 3.97. The molecule has 2 fully saturated rings. The van der Waals surface area contributed by atoms with E-state index in [-0.39, 0.29) is 18.0 Å². The summed E-state index contributed by atoms with van der Waals surface area (Å²) in [6, 6.07) is 0. The summed E-state index contributed by atoms with van der Waals surface area (Å²) >= 11 is 0. The van der Waals surface area contributed by atoms with Gasteiger partial charge in [0.1, 0.15) is 6.10 Å². The molecule has 0 aromatic heterocycles. The number of hydrogen-bond donors (Lipinski definition) is 0. The summed E-state index contributed by atoms with van der Waals surface area (Å²) in [6.45, 7) is 4.58. The highest BCUT2D eigenvalue weighted by Crippen LogP contribution is 2.33. The van der Waals surface area contributed by atoms with Crippen LogP contribution in [0.15, 0.2) is 0 Å². The number of unbranched alkanes of at least 4 members (excludes halogenated alkanes) is 2. The first-order chi connectivity index (χ1) is 10.2. The lowest BCUT2D eigenvalue weighted by atomic mass is 9.80. The lowest BCUT2D eigenvalue weighted by Gasteiger charge is -2.31. The zero-order valence-corrected chi connectivity index (χ0v) is 14.1. The van der Waals surface area contributed by atoms with Gasteiger partial charge in [0.05, 0.1) is 5.92 Å². The molecule has 0 aromatic rings. The van der Waals surface area contributed by atoms with Crippen LogP contribution >= 0.6 is 0 Å². The van der Waals surface area contributed by atoms with Crippen LogP contribution in [0, 0.1) is 17.8 Å². The first kappa shape index (κ1) is 16.8. The smallest absolute Gasteiger partial charge is 0.309 e. The molecule has 0 amide bonds. The van der Waals surface area contributed by atoms with Crippen LogP contribution in [0.4, 0.5) is 0 Å². The average Bonchev–Trinajstić information content (AvgIpc) is 2.49. The van der Waals surface area contributed by atoms with E-state index in [0.717, 1.165) is 37.5 Å². The van der Waals surface area contributed by atoms with Crippen molar-refractivity contribution in [3.05, 3.63) is 0 Å². The molecule has 2 atom stereocenters. The summed E-state index contributed by atoms with van der Waals surface area (Å²) in [5.74, 6) is 2.11. The van der Waals surface area contributed by atoms with Gasteiger partial charge in [-0.3, -0.25) is 4.79 Å². The molecule has 1 heterocycles. The number of carbonyl (C=O) groups excluding carboxylic acids is 1. The van der Waals surface area contributed by atoms with Crippen molar-refractivity contribution in [2.45, 2.75) is 97.0 Å². The molecule has 2 aliphatic rings. The predicted octanol–water partition coefficient (Wildman–Crippen LogP) is 5.50. The predicted molar refractivity (Wildman–Crippen MR) is 87.1 cm³/mol. The van der Waals surface area contributed by atoms with Crippen molar-refractivity contribution in [1.82, 2.24) is 0 Å². The summed E-state index contributed by atoms with van der Waals surface area (Å²) in [6.07, 6.45) is 15.0. The van der Waals surface area contributed by atoms with E-state index in [9.17, 15) is 4.79 Å². The van der Waals surface area contributed by atoms with Crippen LogP contribution in [0.25, 0.3) is 0 Å². The number of rotatable bonds is 7. The number of cyclic esters (lactones) is 1. The van der Waals surface area contributed by atoms with Gasteiger partial charge in [-0.2, -0.15) is 0 Å². The fraction of sp³-hybridized carbons (Fsp3) is 0.947. The lowest BCUT2D eigenvalue weighted by molar-refractivity contribution is -0.161. The van der Waals surface area contributed by atoms with E-state index in [1.807, 2.05) is 0 Å². The molecule has 1 aliphatic heterocycles. The molecule has 0 radical (unpaired) electrons. The maximum absolute atomic E-state index is 12.1. The van der Waals surface area contributed by atoms with E-state index in [2.05, 4.69) is 13.8 Å². The molecule has 1 saturated heterocycles. The Kier molecular flexibility index (Phi) is 7.06. The van der Waals surface area contributed by atoms with Gasteiger partial charge in [0.15, 0.2) is 0 Å². The highest BCUT2D eigenvalue weighted by Gasteiger charge is 2.30. The van der Waals surface area contributed by atoms with Crippen molar-refractivity contribution in [3.8, 4) is 0 Å². The lowest BCUT2D eigenvalue weighted by Crippen LogP contribution is -2.31. The zero-order chi connectivity index (χ0) is 15.1. The quantitative estimate of drug-likeness (QED) is 0.458. The second-order valence-corrected chi connectivity index (χ2v) is 7.53. The molecule has 21 heavy (non-hydrogen) atoms. The summed E-state index contributed by atoms with van der Waals surface area (Å²) in [5, 5.41) is 0. The van der Waals surface area contributed by atoms with Crippen LogP contribution in [0.3, 0.4) is 0 Å². The van der Waals surface area contributed by atoms with E-state index < -0.39 is 0 Å². The topological polar surface area (TPSA) is 26.3 Å². The van der Waals surface area contributed by atoms with Crippen LogP contribution < -0.4 is 0 Å². The Morgan fingerprint density at radius 1 is 0.952 bits per heavy atom. The number of carbonyl (C=O) groups is 1. The molecule has 0 N–H and O–H groups in total. The largest absolute Gasteiger partial charge is 0.462 e. The Hall–Kier alpha value is -0.530. The molecule has 1 aliphatic carbocycles. The van der Waals surface area contributed by atoms with Crippen LogP contribution in [-0.2, 0) is 9.53 Å². The van der Waals surface area contributed by atoms with E-state index in [1.54, 1.807) is 0 Å². The third kappa shape index (κ3) is 5.64. The molecule has 0 bridgehead atoms. The number of esters is 1. The van der Waals surface area contributed by atoms with Gasteiger partial charge < -0.3 is 4.74 Å². The monoisotopic (exact) mass is 294 g/mol. The molecule has 0 aromatic carbocycles. The van der Waals surface area contributed by atoms with Crippen molar-refractivity contribution in [2.24, 2.45) is 17.8 Å². The maximum Gasteiger partial charge on any atom is 0.309 e. The number of ether oxygens (including phenoxy) is 1. The molecule has 2 rings (SSSR count). The summed E-state index contributed by atoms with van der Waals surface area (Å²) in [7, 11) is 0. The molecule has 2 heteroatoms. The Morgan fingerprint density at radius 3 is 2.38 bits per heavy atom. The highest BCUT2D eigenvalue weighted by atomic mass is 16.5. The zero-order valence-electron chi connectivity index (χ0n) is 14.1. The van der Waals surface area contributed by atoms with Gasteiger partial charge in [0.25, 0.3) is 0 Å². The van der Waals surface area contributed by atoms with Crippen LogP contribution in [0.2, 0.25) is 0 Å². The van der Waals surface area contributed by atoms with Gasteiger partial charge in [-0.15, -0.1) is 0 Å². The van der Waals surface area contributed by atoms with Crippen molar-refractivity contribution in [3.63, 3.8) is 0 Å². The van der Waals surface area contributed by atoms with Crippen molar-refractivity contribution >= 4 is 5.97 Å². The fourth-order valence-corrected chi connectivity index (χ4v) is 3.97. The van der Waals surface area contributed by atoms with Crippen LogP contribution in [-0.4, -0.2) is 12.1 Å². The van der Waals surface area contributed by atoms with Gasteiger partial charge in [-0.25, -0.2) is 0 Å². The van der Waals surface area contributed by atoms with E-state index in [0.29, 0.717) is 0 Å². The van der Waals surface area contributed by atoms with Gasteiger partial charge >= 0.3 is 5.97 Å². The SMILES string of the molecule is CCCCCC1CCC(CCC2CCC(C)CC2)OC1=O. The normalized spacial score (nSPS) is 33.7. The van der Waals surface area contributed by atoms with Gasteiger partial charge in [-0.1, -0.05) is 58.8 Å². The number of hydrogen-bond acceptors (Lipinski definition) is 2. The Balaban J connectivity index is 1.62. The highest BCUT2D eigenvalue weighted by molar-refractivity contribution is 5.73. The minimum atomic E-state index is 0.0969. The maximum atomic E-state index is 12.1. The molecule has 2 unspecified atom stereocenters. The molecule has 1 saturated carbocycles. The van der Waals surface area contributed by atoms with E-state index in [4.69, 9.17) is 4.74 Å². The second kappa shape index (κ2) is 8.80. The van der Waals surface area contributed by atoms with Crippen molar-refractivity contribution in [1.29, 1.82) is 0 Å². The first-order valence-electron chi connectivity index (χ1n) is 9.39. The summed E-state index contributed by atoms with van der Waals surface area (Å²) < 4.78 is 5.70. The molecule has 0 spiro atoms. The van der Waals surface area contributed by atoms with Crippen molar-refractivity contribution in [2.75, 3.05) is 0 Å². The minimum Gasteiger partial charge on any atom is -0.462 e. The van der Waals surface area contributed by atoms with Gasteiger partial charge in [0, 0.05) is 0 Å². The third-order valence-electron chi connectivity index (χ3n) is 5.64. The average molecular weight is 294 g/mol. The Labute approximate surface area is 131 Å². The first-order valence-corrected chi connectivity index (χ1v) is 9.39. The molecular formula is C19H34O2. The van der Waals surface area contributed by atoms with E-state index >= 15 is 0 Å². The van der Waals surface area contributed by atoms with Crippen LogP contribution in [0.5, 0.6) is 0 Å². The van der Waals surface area contributed by atoms with Gasteiger partial charge in [0.2, 0.25) is 0 Å². The Bertz CT molecular complexity index is 305. The minimum absolute atomic E-state index is 0.0969. The van der Waals surface area contributed by atoms with Crippen molar-refractivity contribution < 1.29 is 9.53 Å². The summed E-state index contributed by atoms with van der Waals surface area (Å²) in [4.78, 5) is 12.1. The Morgan fingerprint density at radius 2 is 1.71 bits per heavy atom. The standard InChI is InChI=1S/C19H34O2/c1-3-4-5-6-17-12-14-18(21-19(17)20)13-11-16-9-7-15(2)8-10-16/h15-18H,3-14H2,1-2H3.